The highest BCUT2D eigenvalue weighted by atomic mass is 32.2. The van der Waals surface area contributed by atoms with Crippen LogP contribution in [0.25, 0.3) is 0 Å². The number of thioether (sulfide) groups is 1. The minimum atomic E-state index is -0.369. The number of nitrogens with zero attached hydrogens (tertiary/aromatic N) is 2. The van der Waals surface area contributed by atoms with Crippen LogP contribution in [0.1, 0.15) is 54.7 Å². The molecular weight excluding hydrogens is 500 g/mol. The van der Waals surface area contributed by atoms with E-state index in [0.29, 0.717) is 17.0 Å². The second-order valence-electron chi connectivity index (χ2n) is 9.19. The van der Waals surface area contributed by atoms with Gasteiger partial charge in [-0.2, -0.15) is 5.26 Å². The topological polar surface area (TPSA) is 85.2 Å². The summed E-state index contributed by atoms with van der Waals surface area (Å²) in [6, 6.07) is 20.3. The molecule has 4 rings (SSSR count). The number of unbranched alkanes of at least 4 members (excludes halogenated alkanes) is 1. The molecule has 0 aliphatic carbocycles. The van der Waals surface area contributed by atoms with Crippen molar-refractivity contribution < 1.29 is 9.59 Å². The van der Waals surface area contributed by atoms with E-state index < -0.39 is 0 Å². The van der Waals surface area contributed by atoms with Crippen molar-refractivity contribution in [1.29, 1.82) is 5.26 Å². The number of rotatable bonds is 10. The Morgan fingerprint density at radius 3 is 2.73 bits per heavy atom. The van der Waals surface area contributed by atoms with Gasteiger partial charge in [0.25, 0.3) is 0 Å². The van der Waals surface area contributed by atoms with Gasteiger partial charge in [-0.1, -0.05) is 49.7 Å². The maximum Gasteiger partial charge on any atom is 0.238 e. The average molecular weight is 533 g/mol. The monoisotopic (exact) mass is 532 g/mol. The molecule has 0 fully saturated rings. The van der Waals surface area contributed by atoms with E-state index in [1.54, 1.807) is 0 Å². The Bertz CT molecular complexity index is 1280. The Morgan fingerprint density at radius 1 is 1.16 bits per heavy atom. The molecule has 8 heteroatoms. The van der Waals surface area contributed by atoms with Gasteiger partial charge in [-0.15, -0.1) is 23.1 Å². The zero-order chi connectivity index (χ0) is 26.2. The third kappa shape index (κ3) is 7.22. The smallest absolute Gasteiger partial charge is 0.238 e. The molecular formula is C29H32N4O2S2. The van der Waals surface area contributed by atoms with Crippen LogP contribution in [0.2, 0.25) is 0 Å². The Kier molecular flexibility index (Phi) is 9.40. The van der Waals surface area contributed by atoms with Crippen molar-refractivity contribution in [1.82, 2.24) is 4.90 Å². The van der Waals surface area contributed by atoms with Gasteiger partial charge in [-0.25, -0.2) is 0 Å². The van der Waals surface area contributed by atoms with Crippen molar-refractivity contribution in [3.8, 4) is 6.07 Å². The van der Waals surface area contributed by atoms with Crippen molar-refractivity contribution in [3.05, 3.63) is 76.2 Å². The van der Waals surface area contributed by atoms with Gasteiger partial charge in [0, 0.05) is 41.5 Å². The molecule has 37 heavy (non-hydrogen) atoms. The summed E-state index contributed by atoms with van der Waals surface area (Å²) in [7, 11) is 0. The minimum Gasteiger partial charge on any atom is -0.326 e. The van der Waals surface area contributed by atoms with Gasteiger partial charge in [-0.3, -0.25) is 14.5 Å². The molecule has 6 nitrogen and oxygen atoms in total. The number of carbonyl (C=O) groups excluding carboxylic acids is 2. The van der Waals surface area contributed by atoms with Gasteiger partial charge >= 0.3 is 0 Å². The van der Waals surface area contributed by atoms with E-state index in [-0.39, 0.29) is 17.1 Å². The highest BCUT2D eigenvalue weighted by molar-refractivity contribution is 8.00. The molecule has 1 aliphatic heterocycles. The first-order chi connectivity index (χ1) is 18.0. The summed E-state index contributed by atoms with van der Waals surface area (Å²) in [4.78, 5) is 29.6. The molecule has 2 heterocycles. The average Bonchev–Trinajstić information content (AvgIpc) is 3.24. The Balaban J connectivity index is 1.38. The van der Waals surface area contributed by atoms with Crippen molar-refractivity contribution in [2.45, 2.75) is 62.8 Å². The standard InChI is InChI=1S/C29H32N4O2S2/c1-3-4-13-27(34)31-22-11-8-12-23(16-22)36-20(2)28(35)32-29-25(17-30)24-14-15-33(19-26(24)37-29)18-21-9-6-5-7-10-21/h5-12,16,20H,3-4,13-15,18-19H2,1-2H3,(H,31,34)(H,32,35). The third-order valence-corrected chi connectivity index (χ3v) is 8.52. The lowest BCUT2D eigenvalue weighted by Gasteiger charge is -2.26. The molecule has 1 unspecified atom stereocenters. The first-order valence-electron chi connectivity index (χ1n) is 12.6. The van der Waals surface area contributed by atoms with Crippen LogP contribution >= 0.6 is 23.1 Å². The van der Waals surface area contributed by atoms with Gasteiger partial charge in [-0.05, 0) is 49.1 Å². The molecule has 3 aromatic rings. The fourth-order valence-corrected chi connectivity index (χ4v) is 6.49. The Labute approximate surface area is 227 Å². The van der Waals surface area contributed by atoms with E-state index in [9.17, 15) is 14.9 Å². The molecule has 0 radical (unpaired) electrons. The summed E-state index contributed by atoms with van der Waals surface area (Å²) in [5.41, 5.74) is 3.67. The second kappa shape index (κ2) is 12.9. The Morgan fingerprint density at radius 2 is 1.97 bits per heavy atom. The van der Waals surface area contributed by atoms with Crippen LogP contribution in [0, 0.1) is 11.3 Å². The second-order valence-corrected chi connectivity index (χ2v) is 11.7. The molecule has 2 N–H and O–H groups in total. The minimum absolute atomic E-state index is 0.00261. The number of thiophene rings is 1. The first-order valence-corrected chi connectivity index (χ1v) is 14.3. The zero-order valence-electron chi connectivity index (χ0n) is 21.3. The number of hydrogen-bond donors (Lipinski definition) is 2. The summed E-state index contributed by atoms with van der Waals surface area (Å²) < 4.78 is 0. The SMILES string of the molecule is CCCCC(=O)Nc1cccc(SC(C)C(=O)Nc2sc3c(c2C#N)CCN(Cc2ccccc2)C3)c1. The van der Waals surface area contributed by atoms with Crippen LogP contribution in [0.15, 0.2) is 59.5 Å². The van der Waals surface area contributed by atoms with E-state index >= 15 is 0 Å². The quantitative estimate of drug-likeness (QED) is 0.294. The normalized spacial score (nSPS) is 13.9. The number of benzene rings is 2. The van der Waals surface area contributed by atoms with Crippen LogP contribution in [0.4, 0.5) is 10.7 Å². The molecule has 1 aliphatic rings. The van der Waals surface area contributed by atoms with Crippen LogP contribution in [0.5, 0.6) is 0 Å². The number of carbonyl (C=O) groups is 2. The van der Waals surface area contributed by atoms with Gasteiger partial charge < -0.3 is 10.6 Å². The number of nitriles is 1. The summed E-state index contributed by atoms with van der Waals surface area (Å²) in [5, 5.41) is 16.1. The summed E-state index contributed by atoms with van der Waals surface area (Å²) in [6.07, 6.45) is 3.14. The van der Waals surface area contributed by atoms with E-state index in [1.165, 1.54) is 28.7 Å². The number of nitrogens with one attached hydrogen (secondary N) is 2. The fourth-order valence-electron chi connectivity index (χ4n) is 4.32. The molecule has 0 saturated heterocycles. The van der Waals surface area contributed by atoms with Gasteiger partial charge in [0.2, 0.25) is 11.8 Å². The highest BCUT2D eigenvalue weighted by Gasteiger charge is 2.26. The molecule has 1 atom stereocenters. The summed E-state index contributed by atoms with van der Waals surface area (Å²) in [5.74, 6) is -0.138. The number of amides is 2. The highest BCUT2D eigenvalue weighted by Crippen LogP contribution is 2.37. The Hall–Kier alpha value is -3.12. The lowest BCUT2D eigenvalue weighted by Crippen LogP contribution is -2.29. The first kappa shape index (κ1) is 26.9. The fraction of sp³-hybridized carbons (Fsp3) is 0.345. The molecule has 1 aromatic heterocycles. The predicted molar refractivity (Wildman–Crippen MR) is 152 cm³/mol. The summed E-state index contributed by atoms with van der Waals surface area (Å²) in [6.45, 7) is 6.45. The van der Waals surface area contributed by atoms with E-state index in [2.05, 4.69) is 52.8 Å². The van der Waals surface area contributed by atoms with Crippen molar-refractivity contribution >= 4 is 45.6 Å². The van der Waals surface area contributed by atoms with Crippen LogP contribution in [-0.2, 0) is 29.1 Å². The zero-order valence-corrected chi connectivity index (χ0v) is 22.9. The van der Waals surface area contributed by atoms with Crippen molar-refractivity contribution in [3.63, 3.8) is 0 Å². The largest absolute Gasteiger partial charge is 0.326 e. The van der Waals surface area contributed by atoms with Gasteiger partial charge in [0.15, 0.2) is 0 Å². The van der Waals surface area contributed by atoms with Crippen LogP contribution in [0.3, 0.4) is 0 Å². The molecule has 0 saturated carbocycles. The third-order valence-electron chi connectivity index (χ3n) is 6.29. The molecule has 2 aromatic carbocycles. The predicted octanol–water partition coefficient (Wildman–Crippen LogP) is 6.43. The molecule has 0 spiro atoms. The van der Waals surface area contributed by atoms with Crippen molar-refractivity contribution in [2.75, 3.05) is 17.2 Å². The van der Waals surface area contributed by atoms with E-state index in [1.807, 2.05) is 37.3 Å². The van der Waals surface area contributed by atoms with Crippen LogP contribution in [-0.4, -0.2) is 28.5 Å². The number of hydrogen-bond acceptors (Lipinski definition) is 6. The lowest BCUT2D eigenvalue weighted by atomic mass is 10.0. The maximum atomic E-state index is 13.1. The van der Waals surface area contributed by atoms with Crippen LogP contribution < -0.4 is 10.6 Å². The van der Waals surface area contributed by atoms with Gasteiger partial charge in [0.1, 0.15) is 11.1 Å². The lowest BCUT2D eigenvalue weighted by molar-refractivity contribution is -0.116. The number of anilines is 2. The summed E-state index contributed by atoms with van der Waals surface area (Å²) >= 11 is 2.95. The van der Waals surface area contributed by atoms with E-state index in [0.717, 1.165) is 59.9 Å². The molecule has 192 valence electrons. The van der Waals surface area contributed by atoms with Gasteiger partial charge in [0.05, 0.1) is 10.8 Å². The molecule has 2 amide bonds. The molecule has 0 bridgehead atoms. The number of fused-ring (bicyclic) bond motifs is 1. The van der Waals surface area contributed by atoms with E-state index in [4.69, 9.17) is 0 Å². The van der Waals surface area contributed by atoms with Crippen molar-refractivity contribution in [2.24, 2.45) is 0 Å². The maximum absolute atomic E-state index is 13.1.